The topological polar surface area (TPSA) is 76.7 Å². The predicted octanol–water partition coefficient (Wildman–Crippen LogP) is 2.68. The van der Waals surface area contributed by atoms with Crippen LogP contribution in [0.3, 0.4) is 0 Å². The molecule has 2 aromatic carbocycles. The Morgan fingerprint density at radius 1 is 1.19 bits per heavy atom. The highest BCUT2D eigenvalue weighted by Crippen LogP contribution is 2.27. The second-order valence-electron chi connectivity index (χ2n) is 6.98. The van der Waals surface area contributed by atoms with Crippen LogP contribution in [0.4, 0.5) is 11.4 Å². The van der Waals surface area contributed by atoms with Crippen LogP contribution >= 0.6 is 0 Å². The Bertz CT molecular complexity index is 785. The number of nitrogens with zero attached hydrogens (tertiary/aromatic N) is 1. The number of benzene rings is 2. The zero-order chi connectivity index (χ0) is 19.3. The molecule has 2 rings (SSSR count). The second-order valence-corrected chi connectivity index (χ2v) is 6.98. The number of hydrogen-bond donors (Lipinski definition) is 2. The van der Waals surface area contributed by atoms with Crippen molar-refractivity contribution in [1.29, 1.82) is 0 Å². The van der Waals surface area contributed by atoms with Gasteiger partial charge in [-0.05, 0) is 24.0 Å². The molecule has 0 bridgehead atoms. The molecule has 0 fully saturated rings. The third-order valence-electron chi connectivity index (χ3n) is 4.33. The average molecular weight is 356 g/mol. The maximum Gasteiger partial charge on any atom is 0.293 e. The fraction of sp³-hybridized carbons (Fsp3) is 0.350. The quantitative estimate of drug-likeness (QED) is 0.591. The van der Waals surface area contributed by atoms with E-state index in [0.717, 1.165) is 10.5 Å². The van der Waals surface area contributed by atoms with Crippen LogP contribution in [0.15, 0.2) is 42.5 Å². The van der Waals surface area contributed by atoms with Crippen LogP contribution < -0.4 is 10.2 Å². The van der Waals surface area contributed by atoms with Gasteiger partial charge in [-0.2, -0.15) is 0 Å². The summed E-state index contributed by atoms with van der Waals surface area (Å²) < 4.78 is 0. The van der Waals surface area contributed by atoms with Gasteiger partial charge >= 0.3 is 0 Å². The number of carbonyl (C=O) groups is 1. The molecule has 2 N–H and O–H groups in total. The number of hydrogen-bond acceptors (Lipinski definition) is 3. The van der Waals surface area contributed by atoms with E-state index in [4.69, 9.17) is 0 Å². The maximum atomic E-state index is 12.3. The highest BCUT2D eigenvalue weighted by atomic mass is 16.6. The predicted molar refractivity (Wildman–Crippen MR) is 102 cm³/mol. The number of carbonyl (C=O) groups excluding carboxylic acids is 1. The van der Waals surface area contributed by atoms with Crippen LogP contribution in [-0.2, 0) is 11.3 Å². The summed E-state index contributed by atoms with van der Waals surface area (Å²) in [5.41, 5.74) is 3.31. The molecule has 1 amide bonds. The normalized spacial score (nSPS) is 12.0. The Labute approximate surface area is 154 Å². The zero-order valence-corrected chi connectivity index (χ0v) is 15.7. The van der Waals surface area contributed by atoms with Gasteiger partial charge in [0.15, 0.2) is 6.54 Å². The van der Waals surface area contributed by atoms with Gasteiger partial charge < -0.3 is 10.2 Å². The summed E-state index contributed by atoms with van der Waals surface area (Å²) in [7, 11) is 1.93. The summed E-state index contributed by atoms with van der Waals surface area (Å²) in [6, 6.07) is 13.2. The minimum atomic E-state index is -0.477. The van der Waals surface area contributed by atoms with E-state index in [-0.39, 0.29) is 23.8 Å². The van der Waals surface area contributed by atoms with Crippen LogP contribution in [-0.4, -0.2) is 24.4 Å². The van der Waals surface area contributed by atoms with Crippen molar-refractivity contribution in [2.75, 3.05) is 18.9 Å². The van der Waals surface area contributed by atoms with Crippen molar-refractivity contribution in [1.82, 2.24) is 0 Å². The number of quaternary nitrogens is 1. The van der Waals surface area contributed by atoms with Gasteiger partial charge in [-0.3, -0.25) is 14.9 Å². The van der Waals surface area contributed by atoms with Crippen LogP contribution in [0.25, 0.3) is 0 Å². The Morgan fingerprint density at radius 2 is 1.85 bits per heavy atom. The highest BCUT2D eigenvalue weighted by Gasteiger charge is 2.19. The lowest BCUT2D eigenvalue weighted by Gasteiger charge is -2.15. The number of rotatable bonds is 7. The molecule has 6 nitrogen and oxygen atoms in total. The Balaban J connectivity index is 1.98. The van der Waals surface area contributed by atoms with Crippen molar-refractivity contribution >= 4 is 17.3 Å². The number of para-hydroxylation sites is 1. The van der Waals surface area contributed by atoms with Gasteiger partial charge in [0.05, 0.1) is 12.0 Å². The van der Waals surface area contributed by atoms with E-state index < -0.39 is 4.92 Å². The van der Waals surface area contributed by atoms with Crippen molar-refractivity contribution < 1.29 is 14.6 Å². The standard InChI is InChI=1S/C20H25N3O3/c1-14(2)17-10-8-16(9-11-17)12-22(4)13-19(24)21-20-15(3)6-5-7-18(20)23(25)26/h5-11,14H,12-13H2,1-4H3,(H,21,24)/p+1. The third kappa shape index (κ3) is 5.13. The molecule has 6 heteroatoms. The first kappa shape index (κ1) is 19.6. The molecule has 0 heterocycles. The van der Waals surface area contributed by atoms with Crippen molar-refractivity contribution in [3.63, 3.8) is 0 Å². The lowest BCUT2D eigenvalue weighted by Crippen LogP contribution is -3.08. The SMILES string of the molecule is Cc1cccc([N+](=O)[O-])c1NC(=O)C[NH+](C)Cc1ccc(C(C)C)cc1. The fourth-order valence-electron chi connectivity index (χ4n) is 2.86. The summed E-state index contributed by atoms with van der Waals surface area (Å²) in [4.78, 5) is 24.0. The van der Waals surface area contributed by atoms with Crippen molar-refractivity contribution in [3.05, 3.63) is 69.3 Å². The van der Waals surface area contributed by atoms with E-state index in [1.807, 2.05) is 7.05 Å². The molecule has 0 saturated heterocycles. The number of nitro groups is 1. The minimum absolute atomic E-state index is 0.0831. The fourth-order valence-corrected chi connectivity index (χ4v) is 2.86. The summed E-state index contributed by atoms with van der Waals surface area (Å²) >= 11 is 0. The Hall–Kier alpha value is -2.73. The first-order valence-electron chi connectivity index (χ1n) is 8.72. The number of nitrogens with one attached hydrogen (secondary N) is 2. The van der Waals surface area contributed by atoms with E-state index in [1.54, 1.807) is 19.1 Å². The van der Waals surface area contributed by atoms with E-state index in [2.05, 4.69) is 43.4 Å². The lowest BCUT2D eigenvalue weighted by atomic mass is 10.0. The summed E-state index contributed by atoms with van der Waals surface area (Å²) in [6.07, 6.45) is 0. The van der Waals surface area contributed by atoms with Crippen LogP contribution in [0.1, 0.15) is 36.5 Å². The minimum Gasteiger partial charge on any atom is -0.326 e. The van der Waals surface area contributed by atoms with Gasteiger partial charge in [0, 0.05) is 11.6 Å². The van der Waals surface area contributed by atoms with Gasteiger partial charge in [0.2, 0.25) is 0 Å². The third-order valence-corrected chi connectivity index (χ3v) is 4.33. The van der Waals surface area contributed by atoms with E-state index in [0.29, 0.717) is 18.0 Å². The van der Waals surface area contributed by atoms with E-state index in [1.165, 1.54) is 11.6 Å². The summed E-state index contributed by atoms with van der Waals surface area (Å²) in [5, 5.41) is 13.8. The van der Waals surface area contributed by atoms with Crippen LogP contribution in [0.5, 0.6) is 0 Å². The Kier molecular flexibility index (Phi) is 6.46. The van der Waals surface area contributed by atoms with Crippen molar-refractivity contribution in [2.45, 2.75) is 33.2 Å². The average Bonchev–Trinajstić information content (AvgIpc) is 2.56. The smallest absolute Gasteiger partial charge is 0.293 e. The highest BCUT2D eigenvalue weighted by molar-refractivity contribution is 5.94. The van der Waals surface area contributed by atoms with E-state index >= 15 is 0 Å². The molecule has 26 heavy (non-hydrogen) atoms. The molecule has 138 valence electrons. The molecule has 0 aliphatic carbocycles. The first-order chi connectivity index (χ1) is 12.3. The molecule has 1 unspecified atom stereocenters. The van der Waals surface area contributed by atoms with Crippen LogP contribution in [0.2, 0.25) is 0 Å². The molecule has 2 aromatic rings. The van der Waals surface area contributed by atoms with Crippen LogP contribution in [0, 0.1) is 17.0 Å². The molecule has 0 saturated carbocycles. The molecule has 0 spiro atoms. The van der Waals surface area contributed by atoms with Gasteiger partial charge in [-0.25, -0.2) is 0 Å². The summed E-state index contributed by atoms with van der Waals surface area (Å²) in [5.74, 6) is 0.253. The number of likely N-dealkylation sites (N-methyl/N-ethyl adjacent to an activating group) is 1. The van der Waals surface area contributed by atoms with Gasteiger partial charge in [0.1, 0.15) is 12.2 Å². The molecular formula is C20H26N3O3+. The van der Waals surface area contributed by atoms with Gasteiger partial charge in [0.25, 0.3) is 11.6 Å². The number of anilines is 1. The molecule has 0 aliphatic heterocycles. The molecule has 0 aromatic heterocycles. The Morgan fingerprint density at radius 3 is 2.42 bits per heavy atom. The van der Waals surface area contributed by atoms with Gasteiger partial charge in [-0.1, -0.05) is 50.2 Å². The second kappa shape index (κ2) is 8.58. The number of amides is 1. The van der Waals surface area contributed by atoms with E-state index in [9.17, 15) is 14.9 Å². The monoisotopic (exact) mass is 356 g/mol. The molecular weight excluding hydrogens is 330 g/mol. The largest absolute Gasteiger partial charge is 0.326 e. The number of aryl methyl sites for hydroxylation is 1. The molecule has 0 aliphatic rings. The van der Waals surface area contributed by atoms with Crippen molar-refractivity contribution in [2.24, 2.45) is 0 Å². The summed E-state index contributed by atoms with van der Waals surface area (Å²) in [6.45, 7) is 7.00. The lowest BCUT2D eigenvalue weighted by molar-refractivity contribution is -0.885. The maximum absolute atomic E-state index is 12.3. The van der Waals surface area contributed by atoms with Crippen molar-refractivity contribution in [3.8, 4) is 0 Å². The molecule has 0 radical (unpaired) electrons. The first-order valence-corrected chi connectivity index (χ1v) is 8.72. The zero-order valence-electron chi connectivity index (χ0n) is 15.7. The molecule has 1 atom stereocenters. The van der Waals surface area contributed by atoms with Gasteiger partial charge in [-0.15, -0.1) is 0 Å². The number of nitro benzene ring substituents is 1.